The summed E-state index contributed by atoms with van der Waals surface area (Å²) in [5, 5.41) is 3.38. The highest BCUT2D eigenvalue weighted by Gasteiger charge is 2.15. The zero-order valence-corrected chi connectivity index (χ0v) is 11.5. The largest absolute Gasteiger partial charge is 0.374 e. The van der Waals surface area contributed by atoms with Gasteiger partial charge in [0.15, 0.2) is 0 Å². The fourth-order valence-corrected chi connectivity index (χ4v) is 2.60. The molecule has 0 spiro atoms. The average Bonchev–Trinajstić information content (AvgIpc) is 2.91. The van der Waals surface area contributed by atoms with Gasteiger partial charge in [-0.3, -0.25) is 0 Å². The van der Waals surface area contributed by atoms with Crippen LogP contribution in [0, 0.1) is 0 Å². The van der Waals surface area contributed by atoms with Crippen LogP contribution in [-0.2, 0) is 17.8 Å². The van der Waals surface area contributed by atoms with E-state index >= 15 is 0 Å². The van der Waals surface area contributed by atoms with Crippen molar-refractivity contribution in [2.45, 2.75) is 51.7 Å². The highest BCUT2D eigenvalue weighted by atomic mass is 16.5. The number of nitrogens with one attached hydrogen (secondary N) is 1. The van der Waals surface area contributed by atoms with Crippen LogP contribution >= 0.6 is 0 Å². The van der Waals surface area contributed by atoms with Gasteiger partial charge in [-0.15, -0.1) is 0 Å². The van der Waals surface area contributed by atoms with Gasteiger partial charge >= 0.3 is 0 Å². The van der Waals surface area contributed by atoms with Crippen molar-refractivity contribution < 1.29 is 4.74 Å². The molecule has 0 amide bonds. The molecule has 0 aromatic heterocycles. The summed E-state index contributed by atoms with van der Waals surface area (Å²) in [6, 6.07) is 8.67. The van der Waals surface area contributed by atoms with E-state index in [9.17, 15) is 0 Å². The second-order valence-corrected chi connectivity index (χ2v) is 5.09. The SMILES string of the molecule is CCNCCc1ccccc1COC1CCCC1. The van der Waals surface area contributed by atoms with Crippen LogP contribution in [0.5, 0.6) is 0 Å². The van der Waals surface area contributed by atoms with Crippen LogP contribution in [0.3, 0.4) is 0 Å². The monoisotopic (exact) mass is 247 g/mol. The van der Waals surface area contributed by atoms with Crippen LogP contribution in [0.25, 0.3) is 0 Å². The third kappa shape index (κ3) is 4.11. The minimum absolute atomic E-state index is 0.506. The zero-order valence-electron chi connectivity index (χ0n) is 11.5. The molecule has 0 atom stereocenters. The normalized spacial score (nSPS) is 16.3. The molecule has 0 bridgehead atoms. The molecule has 1 aliphatic carbocycles. The summed E-state index contributed by atoms with van der Waals surface area (Å²) in [5.74, 6) is 0. The molecule has 0 heterocycles. The Morgan fingerprint density at radius 1 is 1.17 bits per heavy atom. The van der Waals surface area contributed by atoms with Gasteiger partial charge in [0.05, 0.1) is 12.7 Å². The first-order valence-electron chi connectivity index (χ1n) is 7.29. The van der Waals surface area contributed by atoms with Gasteiger partial charge in [-0.25, -0.2) is 0 Å². The molecular formula is C16H25NO. The zero-order chi connectivity index (χ0) is 12.6. The van der Waals surface area contributed by atoms with Crippen molar-refractivity contribution in [1.29, 1.82) is 0 Å². The Morgan fingerprint density at radius 3 is 2.61 bits per heavy atom. The molecule has 0 radical (unpaired) electrons. The van der Waals surface area contributed by atoms with Gasteiger partial charge < -0.3 is 10.1 Å². The summed E-state index contributed by atoms with van der Waals surface area (Å²) in [6.07, 6.45) is 6.78. The second-order valence-electron chi connectivity index (χ2n) is 5.09. The fourth-order valence-electron chi connectivity index (χ4n) is 2.60. The van der Waals surface area contributed by atoms with Crippen LogP contribution in [0.2, 0.25) is 0 Å². The minimum Gasteiger partial charge on any atom is -0.374 e. The second kappa shape index (κ2) is 7.55. The van der Waals surface area contributed by atoms with Crippen LogP contribution in [0.1, 0.15) is 43.7 Å². The van der Waals surface area contributed by atoms with E-state index in [-0.39, 0.29) is 0 Å². The fraction of sp³-hybridized carbons (Fsp3) is 0.625. The predicted octanol–water partition coefficient (Wildman–Crippen LogP) is 3.30. The summed E-state index contributed by atoms with van der Waals surface area (Å²) in [4.78, 5) is 0. The lowest BCUT2D eigenvalue weighted by Crippen LogP contribution is -2.17. The summed E-state index contributed by atoms with van der Waals surface area (Å²) >= 11 is 0. The smallest absolute Gasteiger partial charge is 0.0723 e. The standard InChI is InChI=1S/C16H25NO/c1-2-17-12-11-14-7-3-4-8-15(14)13-18-16-9-5-6-10-16/h3-4,7-8,16-17H,2,5-6,9-13H2,1H3. The topological polar surface area (TPSA) is 21.3 Å². The Kier molecular flexibility index (Phi) is 5.69. The molecule has 2 heteroatoms. The molecule has 1 aromatic rings. The highest BCUT2D eigenvalue weighted by molar-refractivity contribution is 5.26. The molecule has 0 unspecified atom stereocenters. The summed E-state index contributed by atoms with van der Waals surface area (Å²) in [6.45, 7) is 5.03. The number of rotatable bonds is 7. The van der Waals surface area contributed by atoms with Gasteiger partial charge in [0.2, 0.25) is 0 Å². The lowest BCUT2D eigenvalue weighted by atomic mass is 10.1. The van der Waals surface area contributed by atoms with E-state index in [4.69, 9.17) is 4.74 Å². The molecule has 1 aliphatic rings. The summed E-state index contributed by atoms with van der Waals surface area (Å²) in [7, 11) is 0. The van der Waals surface area contributed by atoms with Gasteiger partial charge in [0.25, 0.3) is 0 Å². The molecule has 1 fully saturated rings. The third-order valence-corrected chi connectivity index (χ3v) is 3.72. The van der Waals surface area contributed by atoms with E-state index < -0.39 is 0 Å². The number of hydrogen-bond acceptors (Lipinski definition) is 2. The molecule has 100 valence electrons. The lowest BCUT2D eigenvalue weighted by Gasteiger charge is -2.14. The van der Waals surface area contributed by atoms with Crippen molar-refractivity contribution in [3.05, 3.63) is 35.4 Å². The molecular weight excluding hydrogens is 222 g/mol. The molecule has 0 saturated heterocycles. The van der Waals surface area contributed by atoms with Crippen molar-refractivity contribution in [2.24, 2.45) is 0 Å². The number of likely N-dealkylation sites (N-methyl/N-ethyl adjacent to an activating group) is 1. The first-order valence-corrected chi connectivity index (χ1v) is 7.29. The minimum atomic E-state index is 0.506. The highest BCUT2D eigenvalue weighted by Crippen LogP contribution is 2.22. The quantitative estimate of drug-likeness (QED) is 0.746. The van der Waals surface area contributed by atoms with Gasteiger partial charge in [0, 0.05) is 0 Å². The van der Waals surface area contributed by atoms with Crippen LogP contribution in [-0.4, -0.2) is 19.2 Å². The van der Waals surface area contributed by atoms with E-state index in [1.165, 1.54) is 36.8 Å². The number of ether oxygens (including phenoxy) is 1. The van der Waals surface area contributed by atoms with Gasteiger partial charge in [-0.1, -0.05) is 44.0 Å². The van der Waals surface area contributed by atoms with E-state index in [1.54, 1.807) is 0 Å². The van der Waals surface area contributed by atoms with E-state index in [1.807, 2.05) is 0 Å². The molecule has 1 N–H and O–H groups in total. The van der Waals surface area contributed by atoms with Crippen molar-refractivity contribution in [3.8, 4) is 0 Å². The molecule has 2 nitrogen and oxygen atoms in total. The maximum atomic E-state index is 6.02. The number of benzene rings is 1. The lowest BCUT2D eigenvalue weighted by molar-refractivity contribution is 0.0453. The Labute approximate surface area is 111 Å². The van der Waals surface area contributed by atoms with Gasteiger partial charge in [0.1, 0.15) is 0 Å². The van der Waals surface area contributed by atoms with Crippen molar-refractivity contribution >= 4 is 0 Å². The average molecular weight is 247 g/mol. The summed E-state index contributed by atoms with van der Waals surface area (Å²) < 4.78 is 6.02. The Balaban J connectivity index is 1.85. The predicted molar refractivity (Wildman–Crippen MR) is 75.7 cm³/mol. The summed E-state index contributed by atoms with van der Waals surface area (Å²) in [5.41, 5.74) is 2.79. The molecule has 0 aliphatic heterocycles. The molecule has 18 heavy (non-hydrogen) atoms. The van der Waals surface area contributed by atoms with Crippen molar-refractivity contribution in [2.75, 3.05) is 13.1 Å². The number of hydrogen-bond donors (Lipinski definition) is 1. The van der Waals surface area contributed by atoms with Gasteiger partial charge in [-0.2, -0.15) is 0 Å². The van der Waals surface area contributed by atoms with E-state index in [0.29, 0.717) is 6.10 Å². The van der Waals surface area contributed by atoms with E-state index in [2.05, 4.69) is 36.5 Å². The Morgan fingerprint density at radius 2 is 1.89 bits per heavy atom. The van der Waals surface area contributed by atoms with Crippen LogP contribution < -0.4 is 5.32 Å². The van der Waals surface area contributed by atoms with Crippen LogP contribution in [0.15, 0.2) is 24.3 Å². The first kappa shape index (κ1) is 13.6. The van der Waals surface area contributed by atoms with Gasteiger partial charge in [-0.05, 0) is 43.5 Å². The first-order chi connectivity index (χ1) is 8.90. The Hall–Kier alpha value is -0.860. The van der Waals surface area contributed by atoms with Crippen molar-refractivity contribution in [1.82, 2.24) is 5.32 Å². The molecule has 1 aromatic carbocycles. The van der Waals surface area contributed by atoms with Crippen LogP contribution in [0.4, 0.5) is 0 Å². The maximum absolute atomic E-state index is 6.02. The van der Waals surface area contributed by atoms with E-state index in [0.717, 1.165) is 26.1 Å². The molecule has 1 saturated carbocycles. The molecule has 2 rings (SSSR count). The maximum Gasteiger partial charge on any atom is 0.0723 e. The Bertz CT molecular complexity index is 345. The third-order valence-electron chi connectivity index (χ3n) is 3.72. The van der Waals surface area contributed by atoms with Crippen molar-refractivity contribution in [3.63, 3.8) is 0 Å².